The lowest BCUT2D eigenvalue weighted by atomic mass is 9.65. The van der Waals surface area contributed by atoms with Crippen molar-refractivity contribution in [3.8, 4) is 0 Å². The first-order valence-corrected chi connectivity index (χ1v) is 5.75. The standard InChI is InChI=1S/C12H19NO3/c1-8(14)16-13-10-9-5-6-12(4,7-15-10)11(9,2)3/h9H,5-7H2,1-4H3/b13-10-. The molecule has 2 atom stereocenters. The zero-order valence-corrected chi connectivity index (χ0v) is 10.4. The van der Waals surface area contributed by atoms with E-state index < -0.39 is 5.97 Å². The zero-order valence-electron chi connectivity index (χ0n) is 10.4. The molecule has 0 N–H and O–H groups in total. The van der Waals surface area contributed by atoms with Crippen LogP contribution in [0, 0.1) is 16.7 Å². The van der Waals surface area contributed by atoms with Gasteiger partial charge >= 0.3 is 5.97 Å². The Morgan fingerprint density at radius 3 is 2.81 bits per heavy atom. The molecule has 0 aromatic rings. The predicted octanol–water partition coefficient (Wildman–Crippen LogP) is 2.34. The summed E-state index contributed by atoms with van der Waals surface area (Å²) in [7, 11) is 0. The lowest BCUT2D eigenvalue weighted by molar-refractivity contribution is -0.141. The molecule has 0 amide bonds. The van der Waals surface area contributed by atoms with Crippen molar-refractivity contribution < 1.29 is 14.4 Å². The first-order chi connectivity index (χ1) is 7.37. The average molecular weight is 225 g/mol. The maximum Gasteiger partial charge on any atom is 0.332 e. The van der Waals surface area contributed by atoms with Crippen LogP contribution >= 0.6 is 0 Å². The van der Waals surface area contributed by atoms with Crippen molar-refractivity contribution in [3.63, 3.8) is 0 Å². The van der Waals surface area contributed by atoms with Gasteiger partial charge in [-0.25, -0.2) is 4.79 Å². The summed E-state index contributed by atoms with van der Waals surface area (Å²) in [6.07, 6.45) is 2.20. The topological polar surface area (TPSA) is 47.9 Å². The number of oxime groups is 1. The Labute approximate surface area is 96.0 Å². The molecule has 4 nitrogen and oxygen atoms in total. The van der Waals surface area contributed by atoms with Crippen LogP contribution in [-0.4, -0.2) is 18.5 Å². The lowest BCUT2D eigenvalue weighted by Crippen LogP contribution is -2.46. The summed E-state index contributed by atoms with van der Waals surface area (Å²) in [5.41, 5.74) is 0.372. The van der Waals surface area contributed by atoms with E-state index in [2.05, 4.69) is 30.8 Å². The van der Waals surface area contributed by atoms with E-state index >= 15 is 0 Å². The molecule has 1 aliphatic carbocycles. The van der Waals surface area contributed by atoms with Crippen LogP contribution < -0.4 is 0 Å². The van der Waals surface area contributed by atoms with Gasteiger partial charge < -0.3 is 9.57 Å². The van der Waals surface area contributed by atoms with Gasteiger partial charge in [-0.15, -0.1) is 0 Å². The molecule has 4 heteroatoms. The van der Waals surface area contributed by atoms with E-state index in [-0.39, 0.29) is 16.7 Å². The van der Waals surface area contributed by atoms with E-state index in [1.54, 1.807) is 0 Å². The van der Waals surface area contributed by atoms with Crippen molar-refractivity contribution in [3.05, 3.63) is 0 Å². The van der Waals surface area contributed by atoms with Gasteiger partial charge in [-0.05, 0) is 23.4 Å². The van der Waals surface area contributed by atoms with Gasteiger partial charge in [0.15, 0.2) is 0 Å². The fourth-order valence-electron chi connectivity index (χ4n) is 2.79. The van der Waals surface area contributed by atoms with Gasteiger partial charge in [-0.2, -0.15) is 0 Å². The van der Waals surface area contributed by atoms with Crippen LogP contribution in [0.15, 0.2) is 5.16 Å². The summed E-state index contributed by atoms with van der Waals surface area (Å²) in [4.78, 5) is 15.4. The molecular weight excluding hydrogens is 206 g/mol. The van der Waals surface area contributed by atoms with Crippen LogP contribution in [0.5, 0.6) is 0 Å². The molecule has 90 valence electrons. The van der Waals surface area contributed by atoms with E-state index in [4.69, 9.17) is 4.74 Å². The predicted molar refractivity (Wildman–Crippen MR) is 59.8 cm³/mol. The fourth-order valence-corrected chi connectivity index (χ4v) is 2.79. The normalized spacial score (nSPS) is 38.2. The van der Waals surface area contributed by atoms with Crippen LogP contribution in [0.1, 0.15) is 40.5 Å². The number of ether oxygens (including phenoxy) is 1. The monoisotopic (exact) mass is 225 g/mol. The molecule has 1 saturated carbocycles. The summed E-state index contributed by atoms with van der Waals surface area (Å²) in [5.74, 6) is 0.459. The molecule has 1 heterocycles. The Bertz CT molecular complexity index is 348. The van der Waals surface area contributed by atoms with Crippen molar-refractivity contribution in [1.29, 1.82) is 0 Å². The summed E-state index contributed by atoms with van der Waals surface area (Å²) >= 11 is 0. The highest BCUT2D eigenvalue weighted by molar-refractivity contribution is 5.81. The quantitative estimate of drug-likeness (QED) is 0.508. The third-order valence-corrected chi connectivity index (χ3v) is 4.51. The van der Waals surface area contributed by atoms with E-state index in [1.165, 1.54) is 6.92 Å². The van der Waals surface area contributed by atoms with Crippen molar-refractivity contribution >= 4 is 11.9 Å². The van der Waals surface area contributed by atoms with Crippen LogP contribution in [0.4, 0.5) is 0 Å². The molecule has 2 bridgehead atoms. The summed E-state index contributed by atoms with van der Waals surface area (Å²) in [5, 5.41) is 3.83. The third-order valence-electron chi connectivity index (χ3n) is 4.51. The minimum atomic E-state index is -0.403. The van der Waals surface area contributed by atoms with E-state index in [9.17, 15) is 4.79 Å². The number of nitrogens with zero attached hydrogens (tertiary/aromatic N) is 1. The second-order valence-electron chi connectivity index (χ2n) is 5.67. The molecule has 2 unspecified atom stereocenters. The van der Waals surface area contributed by atoms with Gasteiger partial charge in [0.25, 0.3) is 0 Å². The minimum absolute atomic E-state index is 0.157. The minimum Gasteiger partial charge on any atom is -0.478 e. The first kappa shape index (κ1) is 11.4. The number of carbonyl (C=O) groups excluding carboxylic acids is 1. The summed E-state index contributed by atoms with van der Waals surface area (Å²) in [6.45, 7) is 8.76. The number of fused-ring (bicyclic) bond motifs is 2. The first-order valence-electron chi connectivity index (χ1n) is 5.75. The third kappa shape index (κ3) is 1.51. The SMILES string of the molecule is CC(=O)O/N=C1\OCC2(C)CCC1C2(C)C. The van der Waals surface area contributed by atoms with E-state index in [0.717, 1.165) is 12.8 Å². The van der Waals surface area contributed by atoms with Gasteiger partial charge in [0.1, 0.15) is 0 Å². The molecule has 0 spiro atoms. The maximum absolute atomic E-state index is 10.7. The number of hydrogen-bond donors (Lipinski definition) is 0. The zero-order chi connectivity index (χ0) is 12.0. The van der Waals surface area contributed by atoms with Crippen LogP contribution in [-0.2, 0) is 14.4 Å². The molecule has 0 radical (unpaired) electrons. The van der Waals surface area contributed by atoms with E-state index in [0.29, 0.717) is 12.5 Å². The van der Waals surface area contributed by atoms with Gasteiger partial charge in [-0.1, -0.05) is 20.8 Å². The highest BCUT2D eigenvalue weighted by atomic mass is 16.7. The van der Waals surface area contributed by atoms with Crippen LogP contribution in [0.25, 0.3) is 0 Å². The van der Waals surface area contributed by atoms with Crippen molar-refractivity contribution in [2.45, 2.75) is 40.5 Å². The van der Waals surface area contributed by atoms with Crippen molar-refractivity contribution in [2.75, 3.05) is 6.61 Å². The molecule has 2 fully saturated rings. The Balaban J connectivity index is 2.22. The highest BCUT2D eigenvalue weighted by Gasteiger charge is 2.57. The fraction of sp³-hybridized carbons (Fsp3) is 0.833. The van der Waals surface area contributed by atoms with Gasteiger partial charge in [-0.3, -0.25) is 0 Å². The van der Waals surface area contributed by atoms with E-state index in [1.807, 2.05) is 0 Å². The summed E-state index contributed by atoms with van der Waals surface area (Å²) in [6, 6.07) is 0. The number of hydrogen-bond acceptors (Lipinski definition) is 4. The van der Waals surface area contributed by atoms with Gasteiger partial charge in [0.2, 0.25) is 5.90 Å². The lowest BCUT2D eigenvalue weighted by Gasteiger charge is -2.45. The smallest absolute Gasteiger partial charge is 0.332 e. The second-order valence-corrected chi connectivity index (χ2v) is 5.67. The molecule has 0 aromatic carbocycles. The molecular formula is C12H19NO3. The maximum atomic E-state index is 10.7. The average Bonchev–Trinajstić information content (AvgIpc) is 2.36. The molecule has 1 aliphatic heterocycles. The second kappa shape index (κ2) is 3.47. The van der Waals surface area contributed by atoms with Gasteiger partial charge in [0, 0.05) is 18.3 Å². The molecule has 1 saturated heterocycles. The Morgan fingerprint density at radius 2 is 2.19 bits per heavy atom. The largest absolute Gasteiger partial charge is 0.478 e. The Kier molecular flexibility index (Phi) is 2.48. The summed E-state index contributed by atoms with van der Waals surface area (Å²) < 4.78 is 5.63. The molecule has 2 rings (SSSR count). The Hall–Kier alpha value is -1.06. The number of carbonyl (C=O) groups is 1. The van der Waals surface area contributed by atoms with Crippen LogP contribution in [0.3, 0.4) is 0 Å². The highest BCUT2D eigenvalue weighted by Crippen LogP contribution is 2.59. The van der Waals surface area contributed by atoms with Gasteiger partial charge in [0.05, 0.1) is 6.61 Å². The Morgan fingerprint density at radius 1 is 1.50 bits per heavy atom. The molecule has 2 aliphatic rings. The molecule has 16 heavy (non-hydrogen) atoms. The molecule has 0 aromatic heterocycles. The van der Waals surface area contributed by atoms with Crippen molar-refractivity contribution in [2.24, 2.45) is 21.9 Å². The van der Waals surface area contributed by atoms with Crippen LogP contribution in [0.2, 0.25) is 0 Å². The number of rotatable bonds is 1. The van der Waals surface area contributed by atoms with Crippen molar-refractivity contribution in [1.82, 2.24) is 0 Å².